The Hall–Kier alpha value is -1.41. The van der Waals surface area contributed by atoms with Crippen LogP contribution in [-0.4, -0.2) is 38.5 Å². The van der Waals surface area contributed by atoms with E-state index in [0.717, 1.165) is 0 Å². The van der Waals surface area contributed by atoms with E-state index in [1.54, 1.807) is 14.0 Å². The van der Waals surface area contributed by atoms with Crippen LogP contribution in [-0.2, 0) is 14.3 Å². The van der Waals surface area contributed by atoms with Crippen molar-refractivity contribution in [2.45, 2.75) is 19.9 Å². The number of rotatable bonds is 6. The van der Waals surface area contributed by atoms with Crippen LogP contribution in [0.25, 0.3) is 0 Å². The number of carbonyl (C=O) groups is 1. The predicted molar refractivity (Wildman–Crippen MR) is 55.6 cm³/mol. The van der Waals surface area contributed by atoms with E-state index in [4.69, 9.17) is 14.7 Å². The van der Waals surface area contributed by atoms with Gasteiger partial charge in [-0.15, -0.1) is 0 Å². The molecule has 0 heterocycles. The van der Waals surface area contributed by atoms with Crippen LogP contribution in [0.1, 0.15) is 13.8 Å². The Morgan fingerprint density at radius 1 is 1.67 bits per heavy atom. The van der Waals surface area contributed by atoms with E-state index in [0.29, 0.717) is 6.61 Å². The summed E-state index contributed by atoms with van der Waals surface area (Å²) in [7, 11) is 1.57. The molecule has 0 aromatic rings. The SMILES string of the molecule is CCOC(=O)[C@H](C#N)C=N[C@H](C)COC. The molecule has 0 aliphatic carbocycles. The molecule has 0 bridgehead atoms. The fourth-order valence-electron chi connectivity index (χ4n) is 0.896. The molecular weight excluding hydrogens is 196 g/mol. The van der Waals surface area contributed by atoms with Crippen molar-refractivity contribution in [3.05, 3.63) is 0 Å². The lowest BCUT2D eigenvalue weighted by Gasteiger charge is -2.05. The number of nitrogens with zero attached hydrogens (tertiary/aromatic N) is 2. The quantitative estimate of drug-likeness (QED) is 0.482. The number of hydrogen-bond donors (Lipinski definition) is 0. The number of ether oxygens (including phenoxy) is 2. The van der Waals surface area contributed by atoms with Crippen LogP contribution in [0.15, 0.2) is 4.99 Å². The maximum absolute atomic E-state index is 11.2. The lowest BCUT2D eigenvalue weighted by Crippen LogP contribution is -2.19. The summed E-state index contributed by atoms with van der Waals surface area (Å²) in [6.45, 7) is 4.24. The van der Waals surface area contributed by atoms with Gasteiger partial charge in [0.2, 0.25) is 0 Å². The molecule has 0 rings (SSSR count). The number of nitriles is 1. The second-order valence-electron chi connectivity index (χ2n) is 2.96. The molecule has 0 amide bonds. The average Bonchev–Trinajstić information content (AvgIpc) is 2.19. The van der Waals surface area contributed by atoms with Gasteiger partial charge in [-0.3, -0.25) is 9.79 Å². The van der Waals surface area contributed by atoms with Crippen LogP contribution in [0.4, 0.5) is 0 Å². The Kier molecular flexibility index (Phi) is 7.20. The summed E-state index contributed by atoms with van der Waals surface area (Å²) in [6, 6.07) is 1.75. The molecule has 0 aromatic carbocycles. The van der Waals surface area contributed by atoms with Gasteiger partial charge in [-0.05, 0) is 13.8 Å². The molecule has 0 aliphatic rings. The topological polar surface area (TPSA) is 71.7 Å². The second-order valence-corrected chi connectivity index (χ2v) is 2.96. The summed E-state index contributed by atoms with van der Waals surface area (Å²) < 4.78 is 9.57. The fourth-order valence-corrected chi connectivity index (χ4v) is 0.896. The molecule has 0 aliphatic heterocycles. The number of carbonyl (C=O) groups excluding carboxylic acids is 1. The van der Waals surface area contributed by atoms with Crippen LogP contribution in [0.3, 0.4) is 0 Å². The van der Waals surface area contributed by atoms with Crippen molar-refractivity contribution >= 4 is 12.2 Å². The molecule has 0 unspecified atom stereocenters. The zero-order chi connectivity index (χ0) is 11.7. The van der Waals surface area contributed by atoms with Gasteiger partial charge < -0.3 is 9.47 Å². The third-order valence-corrected chi connectivity index (χ3v) is 1.58. The van der Waals surface area contributed by atoms with E-state index in [1.807, 2.05) is 13.0 Å². The van der Waals surface area contributed by atoms with Gasteiger partial charge in [0.1, 0.15) is 0 Å². The molecule has 84 valence electrons. The minimum absolute atomic E-state index is 0.0692. The van der Waals surface area contributed by atoms with E-state index in [9.17, 15) is 4.79 Å². The Morgan fingerprint density at radius 2 is 2.33 bits per heavy atom. The summed E-state index contributed by atoms with van der Waals surface area (Å²) in [5, 5.41) is 8.69. The summed E-state index contributed by atoms with van der Waals surface area (Å²) in [6.07, 6.45) is 1.31. The van der Waals surface area contributed by atoms with E-state index >= 15 is 0 Å². The molecule has 0 spiro atoms. The zero-order valence-electron chi connectivity index (χ0n) is 9.27. The van der Waals surface area contributed by atoms with Crippen molar-refractivity contribution in [1.29, 1.82) is 5.26 Å². The van der Waals surface area contributed by atoms with E-state index in [2.05, 4.69) is 4.99 Å². The van der Waals surface area contributed by atoms with Crippen LogP contribution in [0.5, 0.6) is 0 Å². The fraction of sp³-hybridized carbons (Fsp3) is 0.700. The first-order valence-corrected chi connectivity index (χ1v) is 4.74. The van der Waals surface area contributed by atoms with Gasteiger partial charge in [0.25, 0.3) is 0 Å². The predicted octanol–water partition coefficient (Wildman–Crippen LogP) is 0.795. The molecule has 0 aromatic heterocycles. The first-order valence-electron chi connectivity index (χ1n) is 4.74. The molecule has 0 saturated carbocycles. The summed E-state index contributed by atoms with van der Waals surface area (Å²) in [5.41, 5.74) is 0. The van der Waals surface area contributed by atoms with Gasteiger partial charge >= 0.3 is 5.97 Å². The van der Waals surface area contributed by atoms with Crippen LogP contribution < -0.4 is 0 Å². The monoisotopic (exact) mass is 212 g/mol. The Morgan fingerprint density at radius 3 is 2.80 bits per heavy atom. The van der Waals surface area contributed by atoms with Gasteiger partial charge in [0, 0.05) is 13.3 Å². The smallest absolute Gasteiger partial charge is 0.328 e. The summed E-state index contributed by atoms with van der Waals surface area (Å²) >= 11 is 0. The van der Waals surface area contributed by atoms with Crippen molar-refractivity contribution in [3.8, 4) is 6.07 Å². The highest BCUT2D eigenvalue weighted by atomic mass is 16.5. The minimum Gasteiger partial charge on any atom is -0.465 e. The van der Waals surface area contributed by atoms with Crippen molar-refractivity contribution in [2.24, 2.45) is 10.9 Å². The zero-order valence-corrected chi connectivity index (χ0v) is 9.27. The van der Waals surface area contributed by atoms with Gasteiger partial charge in [-0.1, -0.05) is 0 Å². The molecule has 15 heavy (non-hydrogen) atoms. The highest BCUT2D eigenvalue weighted by molar-refractivity contribution is 5.92. The van der Waals surface area contributed by atoms with Crippen molar-refractivity contribution < 1.29 is 14.3 Å². The highest BCUT2D eigenvalue weighted by Crippen LogP contribution is 1.97. The standard InChI is InChI=1S/C10H16N2O3/c1-4-15-10(13)9(5-11)6-12-8(2)7-14-3/h6,8-9H,4,7H2,1-3H3/t8-,9-/m1/s1. The number of hydrogen-bond acceptors (Lipinski definition) is 5. The number of esters is 1. The van der Waals surface area contributed by atoms with Gasteiger partial charge in [-0.25, -0.2) is 0 Å². The Bertz CT molecular complexity index is 258. The molecule has 0 radical (unpaired) electrons. The number of aliphatic imine (C=N–C) groups is 1. The van der Waals surface area contributed by atoms with Crippen molar-refractivity contribution in [3.63, 3.8) is 0 Å². The molecule has 0 N–H and O–H groups in total. The average molecular weight is 212 g/mol. The van der Waals surface area contributed by atoms with Gasteiger partial charge in [0.05, 0.1) is 25.3 Å². The first-order chi connectivity index (χ1) is 7.15. The lowest BCUT2D eigenvalue weighted by molar-refractivity contribution is -0.143. The molecule has 0 fully saturated rings. The normalized spacial score (nSPS) is 14.5. The van der Waals surface area contributed by atoms with E-state index < -0.39 is 11.9 Å². The third kappa shape index (κ3) is 5.81. The maximum Gasteiger partial charge on any atom is 0.328 e. The number of methoxy groups -OCH3 is 1. The Balaban J connectivity index is 4.21. The van der Waals surface area contributed by atoms with Gasteiger partial charge in [-0.2, -0.15) is 5.26 Å². The summed E-state index contributed by atoms with van der Waals surface area (Å²) in [5.74, 6) is -1.49. The molecule has 0 saturated heterocycles. The lowest BCUT2D eigenvalue weighted by atomic mass is 10.2. The molecule has 5 nitrogen and oxygen atoms in total. The molecule has 5 heteroatoms. The van der Waals surface area contributed by atoms with Gasteiger partial charge in [0.15, 0.2) is 5.92 Å². The highest BCUT2D eigenvalue weighted by Gasteiger charge is 2.16. The maximum atomic E-state index is 11.2. The minimum atomic E-state index is -0.927. The van der Waals surface area contributed by atoms with Crippen molar-refractivity contribution in [2.75, 3.05) is 20.3 Å². The second kappa shape index (κ2) is 7.94. The van der Waals surface area contributed by atoms with E-state index in [-0.39, 0.29) is 12.6 Å². The van der Waals surface area contributed by atoms with Crippen LogP contribution >= 0.6 is 0 Å². The first kappa shape index (κ1) is 13.6. The third-order valence-electron chi connectivity index (χ3n) is 1.58. The largest absolute Gasteiger partial charge is 0.465 e. The van der Waals surface area contributed by atoms with Crippen molar-refractivity contribution in [1.82, 2.24) is 0 Å². The van der Waals surface area contributed by atoms with E-state index in [1.165, 1.54) is 6.21 Å². The summed E-state index contributed by atoms with van der Waals surface area (Å²) in [4.78, 5) is 15.2. The molecule has 2 atom stereocenters. The van der Waals surface area contributed by atoms with Crippen LogP contribution in [0.2, 0.25) is 0 Å². The molecular formula is C10H16N2O3. The Labute approximate surface area is 89.7 Å². The van der Waals surface area contributed by atoms with Crippen LogP contribution in [0, 0.1) is 17.2 Å².